The van der Waals surface area contributed by atoms with Crippen LogP contribution in [0.5, 0.6) is 0 Å². The van der Waals surface area contributed by atoms with E-state index >= 15 is 0 Å². The number of rotatable bonds is 4. The Hall–Kier alpha value is -0.890. The summed E-state index contributed by atoms with van der Waals surface area (Å²) in [6.07, 6.45) is 2.57. The monoisotopic (exact) mass is 219 g/mol. The van der Waals surface area contributed by atoms with Crippen molar-refractivity contribution in [3.05, 3.63) is 35.9 Å². The van der Waals surface area contributed by atoms with Gasteiger partial charge in [-0.2, -0.15) is 0 Å². The van der Waals surface area contributed by atoms with Crippen LogP contribution in [0, 0.1) is 0 Å². The predicted octanol–water partition coefficient (Wildman–Crippen LogP) is 3.65. The number of thioether (sulfide) groups is 1. The molecular weight excluding hydrogens is 202 g/mol. The number of benzene rings is 1. The van der Waals surface area contributed by atoms with E-state index in [0.717, 1.165) is 12.2 Å². The fraction of sp³-hybridized carbons (Fsp3) is 0.385. The molecule has 0 fully saturated rings. The summed E-state index contributed by atoms with van der Waals surface area (Å²) < 4.78 is 0. The van der Waals surface area contributed by atoms with Gasteiger partial charge in [-0.05, 0) is 29.9 Å². The zero-order valence-electron chi connectivity index (χ0n) is 9.18. The zero-order chi connectivity index (χ0) is 10.7. The molecule has 1 nitrogen and oxygen atoms in total. The van der Waals surface area contributed by atoms with Gasteiger partial charge in [0.1, 0.15) is 0 Å². The van der Waals surface area contributed by atoms with Gasteiger partial charge in [0.15, 0.2) is 0 Å². The Kier molecular flexibility index (Phi) is 3.37. The average Bonchev–Trinajstić information content (AvgIpc) is 2.61. The van der Waals surface area contributed by atoms with E-state index in [2.05, 4.69) is 37.0 Å². The third-order valence-corrected chi connectivity index (χ3v) is 3.74. The highest BCUT2D eigenvalue weighted by Gasteiger charge is 2.13. The molecular formula is C13H17NS. The Morgan fingerprint density at radius 3 is 3.13 bits per heavy atom. The molecule has 0 saturated heterocycles. The highest BCUT2D eigenvalue weighted by atomic mass is 32.2. The van der Waals surface area contributed by atoms with Crippen LogP contribution < -0.4 is 5.32 Å². The van der Waals surface area contributed by atoms with Crippen LogP contribution in [-0.2, 0) is 6.54 Å². The fourth-order valence-electron chi connectivity index (χ4n) is 1.73. The molecule has 0 bridgehead atoms. The summed E-state index contributed by atoms with van der Waals surface area (Å²) in [5.74, 6) is 1.23. The van der Waals surface area contributed by atoms with Crippen molar-refractivity contribution in [1.29, 1.82) is 0 Å². The third kappa shape index (κ3) is 2.37. The van der Waals surface area contributed by atoms with E-state index < -0.39 is 0 Å². The molecule has 1 heterocycles. The van der Waals surface area contributed by atoms with Gasteiger partial charge in [-0.25, -0.2) is 0 Å². The Morgan fingerprint density at radius 1 is 1.47 bits per heavy atom. The summed E-state index contributed by atoms with van der Waals surface area (Å²) in [5.41, 5.74) is 3.74. The summed E-state index contributed by atoms with van der Waals surface area (Å²) in [6, 6.07) is 6.68. The molecule has 15 heavy (non-hydrogen) atoms. The summed E-state index contributed by atoms with van der Waals surface area (Å²) in [6.45, 7) is 7.16. The first kappa shape index (κ1) is 10.6. The van der Waals surface area contributed by atoms with Crippen molar-refractivity contribution >= 4 is 17.5 Å². The van der Waals surface area contributed by atoms with Gasteiger partial charge in [-0.1, -0.05) is 26.0 Å². The largest absolute Gasteiger partial charge is 0.381 e. The first-order valence-electron chi connectivity index (χ1n) is 5.50. The maximum Gasteiger partial charge on any atom is 0.0407 e. The molecule has 0 aromatic heterocycles. The Bertz CT molecular complexity index is 371. The lowest BCUT2D eigenvalue weighted by Crippen LogP contribution is -1.98. The minimum Gasteiger partial charge on any atom is -0.381 e. The van der Waals surface area contributed by atoms with E-state index in [1.807, 2.05) is 11.8 Å². The van der Waals surface area contributed by atoms with Crippen LogP contribution in [-0.4, -0.2) is 5.75 Å². The quantitative estimate of drug-likeness (QED) is 0.613. The highest BCUT2D eigenvalue weighted by Crippen LogP contribution is 2.28. The predicted molar refractivity (Wildman–Crippen MR) is 67.9 cm³/mol. The molecule has 1 aliphatic heterocycles. The number of unbranched alkanes of at least 4 members (excludes halogenated alkanes) is 1. The Morgan fingerprint density at radius 2 is 2.33 bits per heavy atom. The molecule has 0 aliphatic carbocycles. The van der Waals surface area contributed by atoms with Gasteiger partial charge in [0.25, 0.3) is 0 Å². The van der Waals surface area contributed by atoms with E-state index in [9.17, 15) is 0 Å². The summed E-state index contributed by atoms with van der Waals surface area (Å²) in [5, 5.41) is 3.28. The van der Waals surface area contributed by atoms with Crippen LogP contribution >= 0.6 is 11.8 Å². The van der Waals surface area contributed by atoms with Crippen molar-refractivity contribution in [2.24, 2.45) is 0 Å². The topological polar surface area (TPSA) is 12.0 Å². The fourth-order valence-corrected chi connectivity index (χ4v) is 2.79. The first-order valence-corrected chi connectivity index (χ1v) is 6.48. The standard InChI is InChI=1S/C13H17NS/c1-3-4-7-15-12-5-6-13-10(2)14-9-11(13)8-12/h5-6,8,14H,2-4,7,9H2,1H3. The maximum atomic E-state index is 3.98. The maximum absolute atomic E-state index is 3.98. The Balaban J connectivity index is 2.06. The second-order valence-electron chi connectivity index (χ2n) is 3.85. The molecule has 0 radical (unpaired) electrons. The molecule has 0 unspecified atom stereocenters. The van der Waals surface area contributed by atoms with Crippen LogP contribution in [0.3, 0.4) is 0 Å². The van der Waals surface area contributed by atoms with Crippen molar-refractivity contribution in [2.75, 3.05) is 5.75 Å². The molecule has 0 amide bonds. The highest BCUT2D eigenvalue weighted by molar-refractivity contribution is 7.99. The third-order valence-electron chi connectivity index (χ3n) is 2.66. The molecule has 1 N–H and O–H groups in total. The average molecular weight is 219 g/mol. The minimum atomic E-state index is 0.941. The SMILES string of the molecule is C=C1NCc2cc(SCCCC)ccc21. The van der Waals surface area contributed by atoms with Gasteiger partial charge >= 0.3 is 0 Å². The molecule has 2 heteroatoms. The Labute approximate surface area is 96.0 Å². The van der Waals surface area contributed by atoms with Gasteiger partial charge in [0, 0.05) is 22.7 Å². The van der Waals surface area contributed by atoms with Crippen LogP contribution in [0.15, 0.2) is 29.7 Å². The van der Waals surface area contributed by atoms with Gasteiger partial charge in [0.05, 0.1) is 0 Å². The smallest absolute Gasteiger partial charge is 0.0407 e. The molecule has 0 saturated carbocycles. The molecule has 0 spiro atoms. The van der Waals surface area contributed by atoms with Gasteiger partial charge in [-0.3, -0.25) is 0 Å². The van der Waals surface area contributed by atoms with Crippen molar-refractivity contribution in [3.63, 3.8) is 0 Å². The number of nitrogens with one attached hydrogen (secondary N) is 1. The number of hydrogen-bond acceptors (Lipinski definition) is 2. The van der Waals surface area contributed by atoms with E-state index in [1.54, 1.807) is 0 Å². The van der Waals surface area contributed by atoms with Crippen LogP contribution in [0.4, 0.5) is 0 Å². The normalized spacial score (nSPS) is 13.8. The number of hydrogen-bond donors (Lipinski definition) is 1. The summed E-state index contributed by atoms with van der Waals surface area (Å²) in [7, 11) is 0. The lowest BCUT2D eigenvalue weighted by Gasteiger charge is -2.03. The van der Waals surface area contributed by atoms with E-state index in [0.29, 0.717) is 0 Å². The van der Waals surface area contributed by atoms with Crippen LogP contribution in [0.2, 0.25) is 0 Å². The molecule has 1 aromatic carbocycles. The van der Waals surface area contributed by atoms with Crippen molar-refractivity contribution in [1.82, 2.24) is 5.32 Å². The summed E-state index contributed by atoms with van der Waals surface area (Å²) in [4.78, 5) is 1.39. The molecule has 80 valence electrons. The van der Waals surface area contributed by atoms with E-state index in [1.165, 1.54) is 34.6 Å². The first-order chi connectivity index (χ1) is 7.31. The van der Waals surface area contributed by atoms with Gasteiger partial charge in [0.2, 0.25) is 0 Å². The van der Waals surface area contributed by atoms with E-state index in [-0.39, 0.29) is 0 Å². The van der Waals surface area contributed by atoms with Crippen LogP contribution in [0.25, 0.3) is 5.70 Å². The minimum absolute atomic E-state index is 0.941. The van der Waals surface area contributed by atoms with Crippen molar-refractivity contribution in [3.8, 4) is 0 Å². The van der Waals surface area contributed by atoms with E-state index in [4.69, 9.17) is 0 Å². The number of fused-ring (bicyclic) bond motifs is 1. The molecule has 1 aliphatic rings. The lowest BCUT2D eigenvalue weighted by molar-refractivity contribution is 0.896. The van der Waals surface area contributed by atoms with Crippen LogP contribution in [0.1, 0.15) is 30.9 Å². The van der Waals surface area contributed by atoms with Gasteiger partial charge in [-0.15, -0.1) is 11.8 Å². The second kappa shape index (κ2) is 4.75. The molecule has 2 rings (SSSR count). The molecule has 1 aromatic rings. The zero-order valence-corrected chi connectivity index (χ0v) is 9.99. The summed E-state index contributed by atoms with van der Waals surface area (Å²) >= 11 is 1.95. The van der Waals surface area contributed by atoms with Gasteiger partial charge < -0.3 is 5.32 Å². The lowest BCUT2D eigenvalue weighted by atomic mass is 10.1. The molecule has 0 atom stereocenters. The van der Waals surface area contributed by atoms with Crippen molar-refractivity contribution in [2.45, 2.75) is 31.2 Å². The second-order valence-corrected chi connectivity index (χ2v) is 5.02. The van der Waals surface area contributed by atoms with Crippen molar-refractivity contribution < 1.29 is 0 Å².